The molecule has 0 bridgehead atoms. The van der Waals surface area contributed by atoms with Gasteiger partial charge in [-0.3, -0.25) is 4.79 Å². The van der Waals surface area contributed by atoms with E-state index in [9.17, 15) is 15.0 Å². The standard InChI is InChI=1S/C38H68O3/c1-3-5-7-9-11-13-15-17-19-20-22-24-26-28-30-34-32-38(41)35(33-37(34)40)36(39)31-29-27-25-23-21-18-16-14-12-10-8-6-4-2/h32-33,40-41H,3-31H2,1-2H3. The zero-order valence-corrected chi connectivity index (χ0v) is 27.5. The molecule has 0 aromatic heterocycles. The van der Waals surface area contributed by atoms with Crippen LogP contribution in [0.25, 0.3) is 0 Å². The molecule has 0 aliphatic carbocycles. The first-order valence-corrected chi connectivity index (χ1v) is 18.2. The number of hydrogen-bond acceptors (Lipinski definition) is 3. The van der Waals surface area contributed by atoms with Crippen molar-refractivity contribution >= 4 is 5.78 Å². The highest BCUT2D eigenvalue weighted by atomic mass is 16.3. The number of rotatable bonds is 30. The molecule has 2 N–H and O–H groups in total. The van der Waals surface area contributed by atoms with Gasteiger partial charge in [0.05, 0.1) is 5.56 Å². The van der Waals surface area contributed by atoms with Crippen LogP contribution in [0.15, 0.2) is 12.1 Å². The molecular formula is C38H68O3. The number of hydrogen-bond donors (Lipinski definition) is 2. The van der Waals surface area contributed by atoms with Gasteiger partial charge in [-0.15, -0.1) is 0 Å². The molecule has 0 amide bonds. The van der Waals surface area contributed by atoms with Gasteiger partial charge in [0.2, 0.25) is 0 Å². The van der Waals surface area contributed by atoms with Gasteiger partial charge in [-0.25, -0.2) is 0 Å². The first-order valence-electron chi connectivity index (χ1n) is 18.2. The smallest absolute Gasteiger partial charge is 0.166 e. The molecule has 3 nitrogen and oxygen atoms in total. The van der Waals surface area contributed by atoms with Gasteiger partial charge in [0, 0.05) is 6.42 Å². The SMILES string of the molecule is CCCCCCCCCCCCCCCCc1cc(O)c(C(=O)CCCCCCCCCCCCCCC)cc1O. The van der Waals surface area contributed by atoms with Crippen LogP contribution in [0.3, 0.4) is 0 Å². The molecule has 238 valence electrons. The second-order valence-electron chi connectivity index (χ2n) is 12.8. The van der Waals surface area contributed by atoms with Crippen LogP contribution in [-0.2, 0) is 6.42 Å². The summed E-state index contributed by atoms with van der Waals surface area (Å²) in [6, 6.07) is 3.12. The van der Waals surface area contributed by atoms with Gasteiger partial charge in [0.15, 0.2) is 5.78 Å². The fourth-order valence-corrected chi connectivity index (χ4v) is 5.99. The van der Waals surface area contributed by atoms with Gasteiger partial charge < -0.3 is 10.2 Å². The van der Waals surface area contributed by atoms with Crippen molar-refractivity contribution in [3.63, 3.8) is 0 Å². The van der Waals surface area contributed by atoms with Gasteiger partial charge in [-0.2, -0.15) is 0 Å². The maximum Gasteiger partial charge on any atom is 0.166 e. The number of unbranched alkanes of at least 4 members (excludes halogenated alkanes) is 25. The Kier molecular flexibility index (Phi) is 25.0. The molecule has 0 atom stereocenters. The highest BCUT2D eigenvalue weighted by Gasteiger charge is 2.15. The lowest BCUT2D eigenvalue weighted by Gasteiger charge is -2.10. The van der Waals surface area contributed by atoms with Crippen molar-refractivity contribution in [1.82, 2.24) is 0 Å². The topological polar surface area (TPSA) is 57.5 Å². The predicted octanol–water partition coefficient (Wildman–Crippen LogP) is 12.8. The number of aromatic hydroxyl groups is 2. The fraction of sp³-hybridized carbons (Fsp3) is 0.816. The summed E-state index contributed by atoms with van der Waals surface area (Å²) in [5, 5.41) is 21.0. The van der Waals surface area contributed by atoms with E-state index < -0.39 is 0 Å². The molecule has 0 unspecified atom stereocenters. The van der Waals surface area contributed by atoms with Crippen LogP contribution in [0.5, 0.6) is 11.5 Å². The quantitative estimate of drug-likeness (QED) is 0.0547. The van der Waals surface area contributed by atoms with Crippen molar-refractivity contribution in [3.8, 4) is 11.5 Å². The monoisotopic (exact) mass is 573 g/mol. The number of phenols is 2. The van der Waals surface area contributed by atoms with E-state index in [0.29, 0.717) is 6.42 Å². The number of ketones is 1. The van der Waals surface area contributed by atoms with Crippen molar-refractivity contribution in [2.24, 2.45) is 0 Å². The molecule has 1 aromatic carbocycles. The second kappa shape index (κ2) is 27.3. The average Bonchev–Trinajstić information content (AvgIpc) is 2.97. The van der Waals surface area contributed by atoms with E-state index in [0.717, 1.165) is 37.7 Å². The zero-order chi connectivity index (χ0) is 29.8. The van der Waals surface area contributed by atoms with Crippen LogP contribution in [0.4, 0.5) is 0 Å². The molecule has 0 fully saturated rings. The molecule has 41 heavy (non-hydrogen) atoms. The Labute approximate surface area is 255 Å². The summed E-state index contributed by atoms with van der Waals surface area (Å²) in [4.78, 5) is 12.7. The van der Waals surface area contributed by atoms with E-state index >= 15 is 0 Å². The minimum Gasteiger partial charge on any atom is -0.508 e. The highest BCUT2D eigenvalue weighted by Crippen LogP contribution is 2.30. The van der Waals surface area contributed by atoms with Gasteiger partial charge in [0.25, 0.3) is 0 Å². The molecule has 0 spiro atoms. The Balaban J connectivity index is 2.07. The zero-order valence-electron chi connectivity index (χ0n) is 27.5. The Morgan fingerprint density at radius 2 is 0.805 bits per heavy atom. The molecule has 0 aliphatic heterocycles. The predicted molar refractivity (Wildman–Crippen MR) is 178 cm³/mol. The van der Waals surface area contributed by atoms with E-state index in [2.05, 4.69) is 13.8 Å². The summed E-state index contributed by atoms with van der Waals surface area (Å²) >= 11 is 0. The summed E-state index contributed by atoms with van der Waals surface area (Å²) in [5.41, 5.74) is 1.05. The first-order chi connectivity index (χ1) is 20.1. The molecule has 0 radical (unpaired) electrons. The Hall–Kier alpha value is -1.51. The Morgan fingerprint density at radius 3 is 1.20 bits per heavy atom. The third kappa shape index (κ3) is 20.9. The van der Waals surface area contributed by atoms with Crippen molar-refractivity contribution in [2.45, 2.75) is 200 Å². The van der Waals surface area contributed by atoms with Crippen LogP contribution >= 0.6 is 0 Å². The largest absolute Gasteiger partial charge is 0.508 e. The molecule has 0 heterocycles. The van der Waals surface area contributed by atoms with E-state index in [4.69, 9.17) is 0 Å². The molecule has 0 saturated carbocycles. The Bertz CT molecular complexity index is 741. The lowest BCUT2D eigenvalue weighted by atomic mass is 9.98. The van der Waals surface area contributed by atoms with Crippen molar-refractivity contribution < 1.29 is 15.0 Å². The lowest BCUT2D eigenvalue weighted by Crippen LogP contribution is -2.01. The molecule has 0 saturated heterocycles. The Morgan fingerprint density at radius 1 is 0.463 bits per heavy atom. The maximum absolute atomic E-state index is 12.7. The molecule has 3 heteroatoms. The summed E-state index contributed by atoms with van der Waals surface area (Å²) < 4.78 is 0. The maximum atomic E-state index is 12.7. The van der Waals surface area contributed by atoms with E-state index in [1.54, 1.807) is 6.07 Å². The number of Topliss-reactive ketones (excluding diaryl/α,β-unsaturated/α-hetero) is 1. The molecule has 1 aromatic rings. The van der Waals surface area contributed by atoms with Crippen molar-refractivity contribution in [1.29, 1.82) is 0 Å². The normalized spacial score (nSPS) is 11.4. The number of carbonyl (C=O) groups excluding carboxylic acids is 1. The minimum absolute atomic E-state index is 0.0304. The molecule has 0 aliphatic rings. The van der Waals surface area contributed by atoms with E-state index in [-0.39, 0.29) is 22.8 Å². The van der Waals surface area contributed by atoms with Crippen LogP contribution in [0, 0.1) is 0 Å². The summed E-state index contributed by atoms with van der Waals surface area (Å²) in [7, 11) is 0. The number of benzene rings is 1. The van der Waals surface area contributed by atoms with Crippen LogP contribution in [0.1, 0.15) is 210 Å². The summed E-state index contributed by atoms with van der Waals surface area (Å²) in [6.45, 7) is 4.54. The average molecular weight is 573 g/mol. The van der Waals surface area contributed by atoms with E-state index in [1.807, 2.05) is 0 Å². The summed E-state index contributed by atoms with van der Waals surface area (Å²) in [6.07, 6.45) is 36.4. The van der Waals surface area contributed by atoms with Crippen LogP contribution in [-0.4, -0.2) is 16.0 Å². The van der Waals surface area contributed by atoms with Gasteiger partial charge in [-0.05, 0) is 37.0 Å². The van der Waals surface area contributed by atoms with Crippen molar-refractivity contribution in [2.75, 3.05) is 0 Å². The number of phenolic OH excluding ortho intramolecular Hbond substituents is 2. The van der Waals surface area contributed by atoms with Gasteiger partial charge in [-0.1, -0.05) is 174 Å². The van der Waals surface area contributed by atoms with E-state index in [1.165, 1.54) is 154 Å². The van der Waals surface area contributed by atoms with Gasteiger partial charge >= 0.3 is 0 Å². The second-order valence-corrected chi connectivity index (χ2v) is 12.8. The molecular weight excluding hydrogens is 504 g/mol. The van der Waals surface area contributed by atoms with Crippen molar-refractivity contribution in [3.05, 3.63) is 23.3 Å². The fourth-order valence-electron chi connectivity index (χ4n) is 5.99. The summed E-state index contributed by atoms with van der Waals surface area (Å²) in [5.74, 6) is 0.137. The van der Waals surface area contributed by atoms with Gasteiger partial charge in [0.1, 0.15) is 11.5 Å². The highest BCUT2D eigenvalue weighted by molar-refractivity contribution is 5.99. The molecule has 1 rings (SSSR count). The lowest BCUT2D eigenvalue weighted by molar-refractivity contribution is 0.0976. The third-order valence-electron chi connectivity index (χ3n) is 8.80. The number of aryl methyl sites for hydroxylation is 1. The minimum atomic E-state index is -0.0519. The first kappa shape index (κ1) is 37.5. The third-order valence-corrected chi connectivity index (χ3v) is 8.80. The van der Waals surface area contributed by atoms with Crippen LogP contribution < -0.4 is 0 Å². The number of carbonyl (C=O) groups is 1. The van der Waals surface area contributed by atoms with Crippen LogP contribution in [0.2, 0.25) is 0 Å².